The van der Waals surface area contributed by atoms with Crippen molar-refractivity contribution in [1.29, 1.82) is 0 Å². The van der Waals surface area contributed by atoms with Crippen molar-refractivity contribution in [3.05, 3.63) is 69.8 Å². The van der Waals surface area contributed by atoms with Gasteiger partial charge in [-0.25, -0.2) is 5.43 Å². The van der Waals surface area contributed by atoms with Crippen molar-refractivity contribution >= 4 is 23.5 Å². The summed E-state index contributed by atoms with van der Waals surface area (Å²) in [5, 5.41) is 17.5. The molecule has 1 unspecified atom stereocenters. The summed E-state index contributed by atoms with van der Waals surface area (Å²) in [4.78, 5) is 22.1. The minimum atomic E-state index is -0.471. The summed E-state index contributed by atoms with van der Waals surface area (Å²) in [6, 6.07) is 13.1. The lowest BCUT2D eigenvalue weighted by atomic mass is 10.2. The predicted octanol–water partition coefficient (Wildman–Crippen LogP) is 2.85. The van der Waals surface area contributed by atoms with Gasteiger partial charge in [-0.2, -0.15) is 5.10 Å². The van der Waals surface area contributed by atoms with Crippen LogP contribution in [0.15, 0.2) is 53.6 Å². The van der Waals surface area contributed by atoms with Crippen LogP contribution in [0.3, 0.4) is 0 Å². The van der Waals surface area contributed by atoms with Crippen LogP contribution in [0.4, 0.5) is 11.4 Å². The fourth-order valence-electron chi connectivity index (χ4n) is 1.91. The highest BCUT2D eigenvalue weighted by atomic mass is 16.6. The van der Waals surface area contributed by atoms with Crippen LogP contribution >= 0.6 is 0 Å². The van der Waals surface area contributed by atoms with Crippen LogP contribution in [0.1, 0.15) is 18.1 Å². The van der Waals surface area contributed by atoms with Crippen molar-refractivity contribution in [2.45, 2.75) is 19.9 Å². The monoisotopic (exact) mass is 326 g/mol. The number of rotatable bonds is 6. The smallest absolute Gasteiger partial charge is 0.269 e. The van der Waals surface area contributed by atoms with Crippen molar-refractivity contribution < 1.29 is 9.72 Å². The molecular formula is C17H18N4O3. The topological polar surface area (TPSA) is 96.6 Å². The number of non-ortho nitro benzene ring substituents is 1. The number of nitro groups is 1. The SMILES string of the molecule is Cc1ccc(NC(C)C(=O)NN=Cc2ccc([N+](=O)[O-])cc2)cc1. The number of carbonyl (C=O) groups is 1. The van der Waals surface area contributed by atoms with E-state index in [1.165, 1.54) is 18.3 Å². The largest absolute Gasteiger partial charge is 0.374 e. The first-order valence-electron chi connectivity index (χ1n) is 7.36. The molecule has 0 radical (unpaired) electrons. The molecule has 0 aromatic heterocycles. The Morgan fingerprint density at radius 3 is 2.38 bits per heavy atom. The Labute approximate surface area is 139 Å². The summed E-state index contributed by atoms with van der Waals surface area (Å²) in [7, 11) is 0. The van der Waals surface area contributed by atoms with Gasteiger partial charge < -0.3 is 5.32 Å². The lowest BCUT2D eigenvalue weighted by Gasteiger charge is -2.13. The number of benzene rings is 2. The molecule has 2 rings (SSSR count). The maximum atomic E-state index is 12.0. The first-order valence-corrected chi connectivity index (χ1v) is 7.36. The van der Waals surface area contributed by atoms with Crippen LogP contribution in [-0.2, 0) is 4.79 Å². The third-order valence-corrected chi connectivity index (χ3v) is 3.32. The van der Waals surface area contributed by atoms with E-state index < -0.39 is 11.0 Å². The van der Waals surface area contributed by atoms with E-state index in [1.807, 2.05) is 31.2 Å². The van der Waals surface area contributed by atoms with Crippen LogP contribution in [0.2, 0.25) is 0 Å². The van der Waals surface area contributed by atoms with Crippen molar-refractivity contribution in [2.75, 3.05) is 5.32 Å². The fraction of sp³-hybridized carbons (Fsp3) is 0.176. The molecule has 0 spiro atoms. The lowest BCUT2D eigenvalue weighted by Crippen LogP contribution is -2.34. The zero-order valence-corrected chi connectivity index (χ0v) is 13.4. The van der Waals surface area contributed by atoms with Crippen LogP contribution in [0.25, 0.3) is 0 Å². The van der Waals surface area contributed by atoms with E-state index in [4.69, 9.17) is 0 Å². The molecule has 0 saturated heterocycles. The lowest BCUT2D eigenvalue weighted by molar-refractivity contribution is -0.384. The van der Waals surface area contributed by atoms with Gasteiger partial charge in [0.15, 0.2) is 0 Å². The van der Waals surface area contributed by atoms with E-state index in [0.717, 1.165) is 11.3 Å². The summed E-state index contributed by atoms with van der Waals surface area (Å²) in [6.45, 7) is 3.73. The highest BCUT2D eigenvalue weighted by Crippen LogP contribution is 2.11. The molecule has 0 saturated carbocycles. The zero-order valence-electron chi connectivity index (χ0n) is 13.4. The van der Waals surface area contributed by atoms with Gasteiger partial charge in [-0.15, -0.1) is 0 Å². The molecule has 2 aromatic rings. The Hall–Kier alpha value is -3.22. The number of hydrazone groups is 1. The summed E-state index contributed by atoms with van der Waals surface area (Å²) < 4.78 is 0. The van der Waals surface area contributed by atoms with Gasteiger partial charge in [0.2, 0.25) is 0 Å². The molecule has 7 heteroatoms. The second-order valence-corrected chi connectivity index (χ2v) is 5.31. The molecule has 1 atom stereocenters. The number of amides is 1. The molecule has 24 heavy (non-hydrogen) atoms. The van der Waals surface area contributed by atoms with Gasteiger partial charge in [-0.3, -0.25) is 14.9 Å². The highest BCUT2D eigenvalue weighted by molar-refractivity contribution is 5.86. The van der Waals surface area contributed by atoms with Gasteiger partial charge >= 0.3 is 0 Å². The number of hydrogen-bond acceptors (Lipinski definition) is 5. The Morgan fingerprint density at radius 1 is 1.17 bits per heavy atom. The summed E-state index contributed by atoms with van der Waals surface area (Å²) in [5.41, 5.74) is 5.09. The van der Waals surface area contributed by atoms with Crippen LogP contribution in [-0.4, -0.2) is 23.1 Å². The highest BCUT2D eigenvalue weighted by Gasteiger charge is 2.11. The summed E-state index contributed by atoms with van der Waals surface area (Å²) in [5.74, 6) is -0.284. The fourth-order valence-corrected chi connectivity index (χ4v) is 1.91. The molecule has 7 nitrogen and oxygen atoms in total. The van der Waals surface area contributed by atoms with Crippen LogP contribution < -0.4 is 10.7 Å². The van der Waals surface area contributed by atoms with Crippen LogP contribution in [0, 0.1) is 17.0 Å². The maximum Gasteiger partial charge on any atom is 0.269 e. The van der Waals surface area contributed by atoms with E-state index in [9.17, 15) is 14.9 Å². The molecule has 0 heterocycles. The average Bonchev–Trinajstić information content (AvgIpc) is 2.57. The molecule has 2 N–H and O–H groups in total. The van der Waals surface area contributed by atoms with Crippen molar-refractivity contribution in [3.63, 3.8) is 0 Å². The molecular weight excluding hydrogens is 308 g/mol. The Balaban J connectivity index is 1.87. The molecule has 124 valence electrons. The average molecular weight is 326 g/mol. The van der Waals surface area contributed by atoms with Crippen molar-refractivity contribution in [3.8, 4) is 0 Å². The summed E-state index contributed by atoms with van der Waals surface area (Å²) in [6.07, 6.45) is 1.43. The number of nitro benzene ring substituents is 1. The molecule has 2 aromatic carbocycles. The number of nitrogens with zero attached hydrogens (tertiary/aromatic N) is 2. The first-order chi connectivity index (χ1) is 11.5. The van der Waals surface area contributed by atoms with Crippen LogP contribution in [0.5, 0.6) is 0 Å². The van der Waals surface area contributed by atoms with E-state index in [2.05, 4.69) is 15.8 Å². The number of hydrogen-bond donors (Lipinski definition) is 2. The molecule has 0 fully saturated rings. The third kappa shape index (κ3) is 4.91. The zero-order chi connectivity index (χ0) is 17.5. The predicted molar refractivity (Wildman–Crippen MR) is 93.1 cm³/mol. The normalized spacial score (nSPS) is 11.9. The van der Waals surface area contributed by atoms with E-state index in [1.54, 1.807) is 19.1 Å². The van der Waals surface area contributed by atoms with Gasteiger partial charge in [-0.05, 0) is 43.7 Å². The van der Waals surface area contributed by atoms with E-state index >= 15 is 0 Å². The molecule has 0 bridgehead atoms. The summed E-state index contributed by atoms with van der Waals surface area (Å²) >= 11 is 0. The number of anilines is 1. The minimum Gasteiger partial charge on any atom is -0.374 e. The first kappa shape index (κ1) is 17.1. The molecule has 0 aliphatic carbocycles. The molecule has 0 aliphatic heterocycles. The van der Waals surface area contributed by atoms with Crippen molar-refractivity contribution in [2.24, 2.45) is 5.10 Å². The quantitative estimate of drug-likeness (QED) is 0.484. The Kier molecular flexibility index (Phi) is 5.62. The third-order valence-electron chi connectivity index (χ3n) is 3.32. The van der Waals surface area contributed by atoms with E-state index in [0.29, 0.717) is 5.56 Å². The molecule has 1 amide bonds. The van der Waals surface area contributed by atoms with Gasteiger partial charge in [0, 0.05) is 17.8 Å². The van der Waals surface area contributed by atoms with Gasteiger partial charge in [0.1, 0.15) is 6.04 Å². The maximum absolute atomic E-state index is 12.0. The Bertz CT molecular complexity index is 739. The number of nitrogens with one attached hydrogen (secondary N) is 2. The van der Waals surface area contributed by atoms with E-state index in [-0.39, 0.29) is 11.6 Å². The Morgan fingerprint density at radius 2 is 1.79 bits per heavy atom. The molecule has 0 aliphatic rings. The minimum absolute atomic E-state index is 0.00658. The van der Waals surface area contributed by atoms with Gasteiger partial charge in [0.25, 0.3) is 11.6 Å². The second kappa shape index (κ2) is 7.87. The standard InChI is InChI=1S/C17H18N4O3/c1-12-3-7-15(8-4-12)19-13(2)17(22)20-18-11-14-5-9-16(10-6-14)21(23)24/h3-11,13,19H,1-2H3,(H,20,22). The second-order valence-electron chi connectivity index (χ2n) is 5.31. The number of carbonyl (C=O) groups excluding carboxylic acids is 1. The van der Waals surface area contributed by atoms with Gasteiger partial charge in [0.05, 0.1) is 11.1 Å². The number of aryl methyl sites for hydroxylation is 1. The van der Waals surface area contributed by atoms with Crippen molar-refractivity contribution in [1.82, 2.24) is 5.43 Å². The van der Waals surface area contributed by atoms with Gasteiger partial charge in [-0.1, -0.05) is 17.7 Å².